The number of carbonyl (C=O) groups is 1. The number of carbonyl (C=O) groups excluding carboxylic acids is 1. The fraction of sp³-hybridized carbons (Fsp3) is 0.250. The molecular weight excluding hydrogens is 427 g/mol. The second-order valence-electron chi connectivity index (χ2n) is 6.92. The molecule has 0 saturated heterocycles. The lowest BCUT2D eigenvalue weighted by molar-refractivity contribution is -0.274. The first-order valence-corrected chi connectivity index (χ1v) is 9.43. The number of rotatable bonds is 7. The zero-order valence-corrected chi connectivity index (χ0v) is 17.5. The van der Waals surface area contributed by atoms with Crippen LogP contribution in [0.2, 0.25) is 0 Å². The molecule has 32 heavy (non-hydrogen) atoms. The number of hydrogen-bond acceptors (Lipinski definition) is 7. The molecule has 5 N–H and O–H groups in total. The number of aromatic amines is 1. The second kappa shape index (κ2) is 9.04. The fourth-order valence-corrected chi connectivity index (χ4v) is 3.03. The Labute approximate surface area is 181 Å². The third-order valence-electron chi connectivity index (χ3n) is 4.47. The molecule has 3 aromatic rings. The van der Waals surface area contributed by atoms with E-state index < -0.39 is 12.3 Å². The van der Waals surface area contributed by atoms with Crippen molar-refractivity contribution in [1.82, 2.24) is 15.2 Å². The van der Waals surface area contributed by atoms with Crippen LogP contribution in [-0.4, -0.2) is 41.5 Å². The lowest BCUT2D eigenvalue weighted by Crippen LogP contribution is -2.23. The van der Waals surface area contributed by atoms with Gasteiger partial charge in [0.15, 0.2) is 0 Å². The van der Waals surface area contributed by atoms with Crippen molar-refractivity contribution in [2.45, 2.75) is 19.8 Å². The number of benzene rings is 2. The van der Waals surface area contributed by atoms with Crippen molar-refractivity contribution in [2.75, 3.05) is 35.4 Å². The Hall–Kier alpha value is -3.96. The summed E-state index contributed by atoms with van der Waals surface area (Å²) in [4.78, 5) is 19.1. The standard InChI is InChI=1S/C20H22F3N7O2/c1-11-26-18(29-28-11)10-30(3)17-9-16(25-2)15(24)8-14(17)19(31)27-12-4-6-13(7-5-12)32-20(21,22)23/h4-9,25H,10,24H2,1-3H3,(H,27,31)(H,26,28,29). The Bertz CT molecular complexity index is 1100. The van der Waals surface area contributed by atoms with Crippen molar-refractivity contribution in [1.29, 1.82) is 0 Å². The largest absolute Gasteiger partial charge is 0.573 e. The Morgan fingerprint density at radius 1 is 1.25 bits per heavy atom. The van der Waals surface area contributed by atoms with E-state index in [1.54, 1.807) is 32.0 Å². The van der Waals surface area contributed by atoms with Gasteiger partial charge >= 0.3 is 6.36 Å². The molecule has 0 aliphatic rings. The number of amides is 1. The fourth-order valence-electron chi connectivity index (χ4n) is 3.03. The van der Waals surface area contributed by atoms with E-state index in [1.807, 2.05) is 0 Å². The van der Waals surface area contributed by atoms with E-state index in [2.05, 4.69) is 30.6 Å². The van der Waals surface area contributed by atoms with Gasteiger partial charge in [-0.3, -0.25) is 9.89 Å². The normalized spacial score (nSPS) is 11.2. The number of alkyl halides is 3. The van der Waals surface area contributed by atoms with E-state index in [-0.39, 0.29) is 11.3 Å². The first kappa shape index (κ1) is 22.7. The number of H-pyrrole nitrogens is 1. The summed E-state index contributed by atoms with van der Waals surface area (Å²) in [5, 5.41) is 12.5. The Morgan fingerprint density at radius 3 is 2.50 bits per heavy atom. The van der Waals surface area contributed by atoms with Crippen molar-refractivity contribution in [3.63, 3.8) is 0 Å². The first-order chi connectivity index (χ1) is 15.1. The zero-order chi connectivity index (χ0) is 23.5. The summed E-state index contributed by atoms with van der Waals surface area (Å²) in [6, 6.07) is 8.10. The summed E-state index contributed by atoms with van der Waals surface area (Å²) in [6.45, 7) is 2.10. The Kier molecular flexibility index (Phi) is 6.42. The molecule has 0 saturated carbocycles. The van der Waals surface area contributed by atoms with Crippen LogP contribution in [0.1, 0.15) is 22.0 Å². The summed E-state index contributed by atoms with van der Waals surface area (Å²) < 4.78 is 40.8. The van der Waals surface area contributed by atoms with Crippen LogP contribution < -0.4 is 26.0 Å². The third kappa shape index (κ3) is 5.59. The van der Waals surface area contributed by atoms with E-state index in [9.17, 15) is 18.0 Å². The molecule has 0 unspecified atom stereocenters. The highest BCUT2D eigenvalue weighted by Gasteiger charge is 2.31. The number of hydrogen-bond donors (Lipinski definition) is 4. The van der Waals surface area contributed by atoms with Gasteiger partial charge in [0.1, 0.15) is 17.4 Å². The molecule has 0 aliphatic heterocycles. The van der Waals surface area contributed by atoms with Crippen LogP contribution in [0.4, 0.5) is 35.9 Å². The van der Waals surface area contributed by atoms with Crippen molar-refractivity contribution in [3.05, 3.63) is 53.6 Å². The van der Waals surface area contributed by atoms with Crippen molar-refractivity contribution < 1.29 is 22.7 Å². The van der Waals surface area contributed by atoms with Crippen molar-refractivity contribution >= 4 is 28.7 Å². The third-order valence-corrected chi connectivity index (χ3v) is 4.47. The predicted molar refractivity (Wildman–Crippen MR) is 115 cm³/mol. The van der Waals surface area contributed by atoms with E-state index in [0.717, 1.165) is 12.1 Å². The molecule has 1 aromatic heterocycles. The summed E-state index contributed by atoms with van der Waals surface area (Å²) in [5.74, 6) is 0.331. The topological polar surface area (TPSA) is 121 Å². The number of halogens is 3. The zero-order valence-electron chi connectivity index (χ0n) is 17.5. The van der Waals surface area contributed by atoms with Gasteiger partial charge in [0.2, 0.25) is 0 Å². The average Bonchev–Trinajstić information content (AvgIpc) is 3.12. The predicted octanol–water partition coefficient (Wildman–Crippen LogP) is 3.52. The molecule has 0 spiro atoms. The minimum Gasteiger partial charge on any atom is -0.406 e. The van der Waals surface area contributed by atoms with E-state index in [0.29, 0.717) is 40.9 Å². The van der Waals surface area contributed by atoms with Gasteiger partial charge in [-0.15, -0.1) is 13.2 Å². The molecule has 1 heterocycles. The smallest absolute Gasteiger partial charge is 0.406 e. The number of aryl methyl sites for hydroxylation is 1. The number of ether oxygens (including phenoxy) is 1. The van der Waals surface area contributed by atoms with Gasteiger partial charge in [-0.25, -0.2) is 4.98 Å². The van der Waals surface area contributed by atoms with E-state index in [1.165, 1.54) is 18.2 Å². The maximum atomic E-state index is 13.0. The van der Waals surface area contributed by atoms with Gasteiger partial charge in [0.25, 0.3) is 5.91 Å². The Morgan fingerprint density at radius 2 is 1.94 bits per heavy atom. The molecule has 170 valence electrons. The summed E-state index contributed by atoms with van der Waals surface area (Å²) in [6.07, 6.45) is -4.79. The molecule has 12 heteroatoms. The second-order valence-corrected chi connectivity index (χ2v) is 6.92. The van der Waals surface area contributed by atoms with Crippen LogP contribution >= 0.6 is 0 Å². The molecular formula is C20H22F3N7O2. The highest BCUT2D eigenvalue weighted by Crippen LogP contribution is 2.31. The van der Waals surface area contributed by atoms with Crippen molar-refractivity contribution in [3.8, 4) is 5.75 Å². The van der Waals surface area contributed by atoms with E-state index in [4.69, 9.17) is 5.73 Å². The number of nitrogens with two attached hydrogens (primary N) is 1. The molecule has 3 rings (SSSR count). The Balaban J connectivity index is 1.85. The van der Waals surface area contributed by atoms with Crippen molar-refractivity contribution in [2.24, 2.45) is 0 Å². The number of nitrogen functional groups attached to an aromatic ring is 1. The molecule has 0 fully saturated rings. The minimum atomic E-state index is -4.79. The van der Waals surface area contributed by atoms with Crippen LogP contribution in [0.5, 0.6) is 5.75 Å². The van der Waals surface area contributed by atoms with Gasteiger partial charge in [0.05, 0.1) is 29.2 Å². The summed E-state index contributed by atoms with van der Waals surface area (Å²) >= 11 is 0. The highest BCUT2D eigenvalue weighted by molar-refractivity contribution is 6.09. The summed E-state index contributed by atoms with van der Waals surface area (Å²) in [5.41, 5.74) is 8.17. The lowest BCUT2D eigenvalue weighted by atomic mass is 10.1. The molecule has 0 radical (unpaired) electrons. The number of aromatic nitrogens is 3. The molecule has 1 amide bonds. The molecule has 9 nitrogen and oxygen atoms in total. The monoisotopic (exact) mass is 449 g/mol. The molecule has 2 aromatic carbocycles. The number of nitrogens with zero attached hydrogens (tertiary/aromatic N) is 3. The molecule has 0 bridgehead atoms. The van der Waals surface area contributed by atoms with Gasteiger partial charge < -0.3 is 26.0 Å². The minimum absolute atomic E-state index is 0.274. The number of anilines is 4. The van der Waals surface area contributed by atoms with Gasteiger partial charge in [-0.2, -0.15) is 5.10 Å². The first-order valence-electron chi connectivity index (χ1n) is 9.43. The SMILES string of the molecule is CNc1cc(N(C)Cc2nc(C)n[nH]2)c(C(=O)Nc2ccc(OC(F)(F)F)cc2)cc1N. The quantitative estimate of drug-likeness (QED) is 0.407. The molecule has 0 aliphatic carbocycles. The maximum absolute atomic E-state index is 13.0. The van der Waals surface area contributed by atoms with Gasteiger partial charge in [-0.1, -0.05) is 0 Å². The van der Waals surface area contributed by atoms with Gasteiger partial charge in [-0.05, 0) is 43.3 Å². The maximum Gasteiger partial charge on any atom is 0.573 e. The van der Waals surface area contributed by atoms with Crippen LogP contribution in [0.25, 0.3) is 0 Å². The van der Waals surface area contributed by atoms with Crippen LogP contribution in [-0.2, 0) is 6.54 Å². The molecule has 0 atom stereocenters. The van der Waals surface area contributed by atoms with Crippen LogP contribution in [0.15, 0.2) is 36.4 Å². The summed E-state index contributed by atoms with van der Waals surface area (Å²) in [7, 11) is 3.49. The highest BCUT2D eigenvalue weighted by atomic mass is 19.4. The van der Waals surface area contributed by atoms with Gasteiger partial charge in [0, 0.05) is 19.8 Å². The average molecular weight is 449 g/mol. The number of nitrogens with one attached hydrogen (secondary N) is 3. The van der Waals surface area contributed by atoms with E-state index >= 15 is 0 Å². The van der Waals surface area contributed by atoms with Crippen LogP contribution in [0, 0.1) is 6.92 Å². The lowest BCUT2D eigenvalue weighted by Gasteiger charge is -2.23. The van der Waals surface area contributed by atoms with Crippen LogP contribution in [0.3, 0.4) is 0 Å².